The van der Waals surface area contributed by atoms with Gasteiger partial charge in [-0.2, -0.15) is 0 Å². The van der Waals surface area contributed by atoms with E-state index in [4.69, 9.17) is 11.5 Å². The fraction of sp³-hybridized carbons (Fsp3) is 0.273. The van der Waals surface area contributed by atoms with Crippen LogP contribution in [0.3, 0.4) is 0 Å². The van der Waals surface area contributed by atoms with E-state index < -0.39 is 5.82 Å². The van der Waals surface area contributed by atoms with Gasteiger partial charge in [-0.25, -0.2) is 4.39 Å². The van der Waals surface area contributed by atoms with Crippen LogP contribution in [-0.4, -0.2) is 11.7 Å². The molecular weight excluding hydrogens is 181 g/mol. The zero-order valence-corrected chi connectivity index (χ0v) is 7.92. The maximum absolute atomic E-state index is 13.3. The van der Waals surface area contributed by atoms with Crippen LogP contribution in [-0.2, 0) is 0 Å². The molecule has 0 aliphatic heterocycles. The Labute approximate surface area is 82.8 Å². The summed E-state index contributed by atoms with van der Waals surface area (Å²) in [5.74, 6) is 1.91. The first-order valence-electron chi connectivity index (χ1n) is 4.30. The van der Waals surface area contributed by atoms with Gasteiger partial charge in [0.15, 0.2) is 0 Å². The smallest absolute Gasteiger partial charge is 0.131 e. The van der Waals surface area contributed by atoms with Crippen LogP contribution in [0.1, 0.15) is 18.5 Å². The van der Waals surface area contributed by atoms with Gasteiger partial charge in [0.2, 0.25) is 0 Å². The van der Waals surface area contributed by atoms with Gasteiger partial charge in [-0.05, 0) is 13.0 Å². The Morgan fingerprint density at radius 2 is 2.36 bits per heavy atom. The summed E-state index contributed by atoms with van der Waals surface area (Å²) in [7, 11) is 0. The number of phenols is 1. The Morgan fingerprint density at radius 1 is 1.64 bits per heavy atom. The first-order valence-corrected chi connectivity index (χ1v) is 4.30. The molecule has 1 atom stereocenters. The number of phenolic OH excluding ortho intramolecular Hbond substituents is 1. The molecule has 0 saturated heterocycles. The molecule has 0 spiro atoms. The number of aromatic hydroxyl groups is 1. The minimum atomic E-state index is -0.429. The Bertz CT molecular complexity index is 357. The zero-order valence-electron chi connectivity index (χ0n) is 7.92. The van der Waals surface area contributed by atoms with Crippen molar-refractivity contribution in [2.45, 2.75) is 13.0 Å². The fourth-order valence-electron chi connectivity index (χ4n) is 1.19. The quantitative estimate of drug-likeness (QED) is 0.717. The Kier molecular flexibility index (Phi) is 3.49. The highest BCUT2D eigenvalue weighted by Gasteiger charge is 2.09. The zero-order chi connectivity index (χ0) is 10.6. The third-order valence-corrected chi connectivity index (χ3v) is 1.96. The topological polar surface area (TPSA) is 32.3 Å². The minimum absolute atomic E-state index is 0.0737. The molecule has 1 aromatic carbocycles. The van der Waals surface area contributed by atoms with Crippen LogP contribution < -0.4 is 5.32 Å². The van der Waals surface area contributed by atoms with Gasteiger partial charge < -0.3 is 5.11 Å². The largest absolute Gasteiger partial charge is 0.508 e. The summed E-state index contributed by atoms with van der Waals surface area (Å²) in [6, 6.07) is 3.92. The molecule has 0 aliphatic rings. The molecule has 0 aromatic heterocycles. The van der Waals surface area contributed by atoms with Gasteiger partial charge in [0, 0.05) is 17.7 Å². The van der Waals surface area contributed by atoms with Gasteiger partial charge in [-0.15, -0.1) is 6.42 Å². The molecule has 0 bridgehead atoms. The number of benzene rings is 1. The number of halogens is 1. The molecule has 0 aliphatic carbocycles. The van der Waals surface area contributed by atoms with Crippen molar-refractivity contribution >= 4 is 0 Å². The van der Waals surface area contributed by atoms with Crippen LogP contribution in [0.15, 0.2) is 18.2 Å². The second kappa shape index (κ2) is 4.64. The molecule has 2 N–H and O–H groups in total. The molecule has 1 rings (SSSR count). The van der Waals surface area contributed by atoms with Crippen molar-refractivity contribution in [2.75, 3.05) is 6.54 Å². The molecule has 74 valence electrons. The third kappa shape index (κ3) is 2.48. The van der Waals surface area contributed by atoms with E-state index in [0.717, 1.165) is 6.07 Å². The summed E-state index contributed by atoms with van der Waals surface area (Å²) in [6.45, 7) is 2.20. The van der Waals surface area contributed by atoms with E-state index in [2.05, 4.69) is 11.2 Å². The summed E-state index contributed by atoms with van der Waals surface area (Å²) in [6.07, 6.45) is 5.07. The van der Waals surface area contributed by atoms with Crippen molar-refractivity contribution in [1.82, 2.24) is 5.32 Å². The first-order chi connectivity index (χ1) is 6.65. The van der Waals surface area contributed by atoms with Crippen LogP contribution in [0.2, 0.25) is 0 Å². The van der Waals surface area contributed by atoms with Crippen molar-refractivity contribution in [2.24, 2.45) is 0 Å². The first kappa shape index (κ1) is 10.6. The highest BCUT2D eigenvalue weighted by Crippen LogP contribution is 2.20. The second-order valence-corrected chi connectivity index (χ2v) is 3.01. The predicted octanol–water partition coefficient (Wildman–Crippen LogP) is 1.82. The molecule has 0 saturated carbocycles. The lowest BCUT2D eigenvalue weighted by Gasteiger charge is -2.13. The number of terminal acetylenes is 1. The second-order valence-electron chi connectivity index (χ2n) is 3.01. The van der Waals surface area contributed by atoms with Crippen LogP contribution in [0.5, 0.6) is 5.75 Å². The molecule has 14 heavy (non-hydrogen) atoms. The lowest BCUT2D eigenvalue weighted by atomic mass is 10.1. The van der Waals surface area contributed by atoms with Crippen molar-refractivity contribution in [3.63, 3.8) is 0 Å². The van der Waals surface area contributed by atoms with E-state index in [-0.39, 0.29) is 11.8 Å². The third-order valence-electron chi connectivity index (χ3n) is 1.96. The van der Waals surface area contributed by atoms with E-state index in [0.29, 0.717) is 12.1 Å². The van der Waals surface area contributed by atoms with Crippen molar-refractivity contribution in [1.29, 1.82) is 0 Å². The van der Waals surface area contributed by atoms with Crippen LogP contribution in [0.4, 0.5) is 4.39 Å². The summed E-state index contributed by atoms with van der Waals surface area (Å²) >= 11 is 0. The van der Waals surface area contributed by atoms with Crippen molar-refractivity contribution < 1.29 is 9.50 Å². The summed E-state index contributed by atoms with van der Waals surface area (Å²) in [5, 5.41) is 12.0. The van der Waals surface area contributed by atoms with E-state index in [9.17, 15) is 4.39 Å². The van der Waals surface area contributed by atoms with Crippen LogP contribution >= 0.6 is 0 Å². The maximum Gasteiger partial charge on any atom is 0.131 e. The standard InChI is InChI=1S/C11H12FNO/c1-3-6-13-8(2)10-5-4-9(14)7-11(10)12/h1,4-5,7-8,13-14H,6H2,2H3. The average Bonchev–Trinajstić information content (AvgIpc) is 2.14. The molecule has 1 aromatic rings. The molecule has 0 amide bonds. The van der Waals surface area contributed by atoms with E-state index in [1.54, 1.807) is 6.07 Å². The number of nitrogens with one attached hydrogen (secondary N) is 1. The molecule has 0 heterocycles. The Morgan fingerprint density at radius 3 is 2.93 bits per heavy atom. The van der Waals surface area contributed by atoms with Crippen molar-refractivity contribution in [3.05, 3.63) is 29.6 Å². The highest BCUT2D eigenvalue weighted by atomic mass is 19.1. The van der Waals surface area contributed by atoms with Crippen LogP contribution in [0, 0.1) is 18.2 Å². The SMILES string of the molecule is C#CCNC(C)c1ccc(O)cc1F. The van der Waals surface area contributed by atoms with E-state index >= 15 is 0 Å². The van der Waals surface area contributed by atoms with Gasteiger partial charge in [-0.3, -0.25) is 5.32 Å². The molecule has 1 unspecified atom stereocenters. The van der Waals surface area contributed by atoms with Gasteiger partial charge in [0.1, 0.15) is 11.6 Å². The summed E-state index contributed by atoms with van der Waals surface area (Å²) in [4.78, 5) is 0. The highest BCUT2D eigenvalue weighted by molar-refractivity contribution is 5.29. The number of hydrogen-bond donors (Lipinski definition) is 2. The number of hydrogen-bond acceptors (Lipinski definition) is 2. The lowest BCUT2D eigenvalue weighted by molar-refractivity contribution is 0.465. The van der Waals surface area contributed by atoms with Gasteiger partial charge in [0.25, 0.3) is 0 Å². The van der Waals surface area contributed by atoms with Gasteiger partial charge in [0.05, 0.1) is 6.54 Å². The molecular formula is C11H12FNO. The van der Waals surface area contributed by atoms with Gasteiger partial charge >= 0.3 is 0 Å². The minimum Gasteiger partial charge on any atom is -0.508 e. The Hall–Kier alpha value is -1.53. The normalized spacial score (nSPS) is 12.1. The molecule has 2 nitrogen and oxygen atoms in total. The monoisotopic (exact) mass is 193 g/mol. The molecule has 0 radical (unpaired) electrons. The molecule has 3 heteroatoms. The summed E-state index contributed by atoms with van der Waals surface area (Å²) < 4.78 is 13.3. The van der Waals surface area contributed by atoms with Gasteiger partial charge in [-0.1, -0.05) is 12.0 Å². The predicted molar refractivity (Wildman–Crippen MR) is 53.3 cm³/mol. The van der Waals surface area contributed by atoms with Crippen LogP contribution in [0.25, 0.3) is 0 Å². The fourth-order valence-corrected chi connectivity index (χ4v) is 1.19. The van der Waals surface area contributed by atoms with Crippen molar-refractivity contribution in [3.8, 4) is 18.1 Å². The average molecular weight is 193 g/mol. The summed E-state index contributed by atoms with van der Waals surface area (Å²) in [5.41, 5.74) is 0.498. The Balaban J connectivity index is 2.80. The maximum atomic E-state index is 13.3. The van der Waals surface area contributed by atoms with E-state index in [1.165, 1.54) is 6.07 Å². The number of rotatable bonds is 3. The lowest BCUT2D eigenvalue weighted by Crippen LogP contribution is -2.19. The van der Waals surface area contributed by atoms with E-state index in [1.807, 2.05) is 6.92 Å². The molecule has 0 fully saturated rings.